The minimum absolute atomic E-state index is 0.00478. The largest absolute Gasteiger partial charge is 0.488 e. The van der Waals surface area contributed by atoms with E-state index in [4.69, 9.17) is 61.1 Å². The molecule has 0 aliphatic heterocycles. The lowest BCUT2D eigenvalue weighted by atomic mass is 10.0. The molecule has 0 aliphatic carbocycles. The summed E-state index contributed by atoms with van der Waals surface area (Å²) >= 11 is 21.3. The van der Waals surface area contributed by atoms with Gasteiger partial charge in [0.15, 0.2) is 0 Å². The summed E-state index contributed by atoms with van der Waals surface area (Å²) in [6.07, 6.45) is 7.36. The van der Waals surface area contributed by atoms with E-state index >= 15 is 0 Å². The minimum atomic E-state index is -1.19. The summed E-state index contributed by atoms with van der Waals surface area (Å²) in [5.41, 5.74) is 8.55. The van der Waals surface area contributed by atoms with Crippen LogP contribution in [0.25, 0.3) is 22.3 Å². The van der Waals surface area contributed by atoms with Gasteiger partial charge in [0, 0.05) is 104 Å². The van der Waals surface area contributed by atoms with Crippen molar-refractivity contribution in [2.75, 3.05) is 13.2 Å². The lowest BCUT2D eigenvalue weighted by Gasteiger charge is -2.21. The Balaban J connectivity index is 0.905. The van der Waals surface area contributed by atoms with Crippen molar-refractivity contribution in [1.82, 2.24) is 20.6 Å². The van der Waals surface area contributed by atoms with Gasteiger partial charge in [0.1, 0.15) is 74.7 Å². The van der Waals surface area contributed by atoms with Gasteiger partial charge in [0.25, 0.3) is 0 Å². The molecule has 0 aliphatic rings. The van der Waals surface area contributed by atoms with Crippen LogP contribution < -0.4 is 29.6 Å². The van der Waals surface area contributed by atoms with E-state index in [0.717, 1.165) is 65.6 Å². The quantitative estimate of drug-likeness (QED) is 0.0245. The second kappa shape index (κ2) is 33.3. The number of carbonyl (C=O) groups is 4. The maximum absolute atomic E-state index is 13.5. The third-order valence-electron chi connectivity index (χ3n) is 13.0. The van der Waals surface area contributed by atoms with Crippen molar-refractivity contribution in [3.63, 3.8) is 0 Å². The first-order chi connectivity index (χ1) is 42.6. The van der Waals surface area contributed by atoms with Crippen molar-refractivity contribution in [3.05, 3.63) is 235 Å². The Hall–Kier alpha value is -8.10. The maximum Gasteiger partial charge on any atom is 0.331 e. The average Bonchev–Trinajstić information content (AvgIpc) is 3.72. The first-order valence-electron chi connectivity index (χ1n) is 28.1. The molecule has 0 bridgehead atoms. The lowest BCUT2D eigenvalue weighted by molar-refractivity contribution is -0.155. The third kappa shape index (κ3) is 19.7. The number of pyridine rings is 2. The zero-order chi connectivity index (χ0) is 62.4. The Kier molecular flexibility index (Phi) is 24.9. The van der Waals surface area contributed by atoms with Gasteiger partial charge in [0.2, 0.25) is 0 Å². The van der Waals surface area contributed by atoms with Gasteiger partial charge in [-0.25, -0.2) is 9.59 Å². The fraction of sp³-hybridized carbons (Fsp3) is 0.235. The molecular formula is C68H64Br2Cl2N4O12. The van der Waals surface area contributed by atoms with Crippen LogP contribution >= 0.6 is 55.1 Å². The maximum atomic E-state index is 13.5. The molecule has 456 valence electrons. The number of benzene rings is 6. The highest BCUT2D eigenvalue weighted by molar-refractivity contribution is 9.11. The Morgan fingerprint density at radius 2 is 0.875 bits per heavy atom. The fourth-order valence-corrected chi connectivity index (χ4v) is 10.4. The van der Waals surface area contributed by atoms with E-state index in [9.17, 15) is 19.2 Å². The van der Waals surface area contributed by atoms with Crippen molar-refractivity contribution < 1.29 is 57.1 Å². The first kappa shape index (κ1) is 65.9. The molecule has 0 fully saturated rings. The molecule has 8 rings (SSSR count). The molecule has 2 aromatic heterocycles. The zero-order valence-electron chi connectivity index (χ0n) is 48.6. The molecule has 20 heteroatoms. The van der Waals surface area contributed by atoms with E-state index in [2.05, 4.69) is 52.5 Å². The van der Waals surface area contributed by atoms with E-state index in [0.29, 0.717) is 34.1 Å². The Morgan fingerprint density at radius 1 is 0.477 bits per heavy atom. The molecule has 2 N–H and O–H groups in total. The SMILES string of the molecule is CC(C)OC(=O)[C@H](COC(=O)/C=C\C(=O)OC[C@H](NCc1cc(Cl)c(OCc2cccc(-c3ccccc3)c2Br)cc1OCc1cccnc1)C(=O)OC(C)C)NCc1cc(Cl)c(OCc2cccc(-c3ccccc3)c2Br)cc1OCc1cccnc1. The monoisotopic (exact) mass is 1360 g/mol. The van der Waals surface area contributed by atoms with Crippen LogP contribution in [0.2, 0.25) is 10.0 Å². The molecule has 6 aromatic carbocycles. The molecule has 0 saturated heterocycles. The summed E-state index contributed by atoms with van der Waals surface area (Å²) in [6.45, 7) is 6.37. The van der Waals surface area contributed by atoms with Crippen LogP contribution in [0.5, 0.6) is 23.0 Å². The van der Waals surface area contributed by atoms with E-state index in [1.807, 2.05) is 109 Å². The number of carbonyl (C=O) groups excluding carboxylic acids is 4. The van der Waals surface area contributed by atoms with E-state index in [1.54, 1.807) is 88.9 Å². The van der Waals surface area contributed by atoms with Gasteiger partial charge >= 0.3 is 23.9 Å². The number of rotatable bonds is 30. The standard InChI is InChI=1S/C68H64Br2Cl2N4O12/c1-43(2)87-67(79)57(75-35-51-29-55(71)61(31-59(51)81-37-45-15-13-27-73-33-45)83-39-49-21-11-23-53(65(49)69)47-17-7-5-8-18-47)41-85-63(77)25-26-64(78)86-42-58(68(80)88-44(3)4)76-36-52-30-56(72)62(32-60(52)82-38-46-16-14-28-74-34-46)84-40-50-22-12-24-54(66(50)70)48-19-9-6-10-20-48/h5-34,43-44,57-58,75-76H,35-42H2,1-4H3/b26-25-/t57-,58-/m0/s1. The summed E-state index contributed by atoms with van der Waals surface area (Å²) in [7, 11) is 0. The topological polar surface area (TPSA) is 192 Å². The van der Waals surface area contributed by atoms with Crippen molar-refractivity contribution >= 4 is 78.9 Å². The predicted molar refractivity (Wildman–Crippen MR) is 343 cm³/mol. The number of hydrogen-bond donors (Lipinski definition) is 2. The van der Waals surface area contributed by atoms with Gasteiger partial charge < -0.3 is 37.9 Å². The van der Waals surface area contributed by atoms with E-state index < -0.39 is 61.4 Å². The number of nitrogens with zero attached hydrogens (tertiary/aromatic N) is 2. The molecule has 88 heavy (non-hydrogen) atoms. The second-order valence-corrected chi connectivity index (χ2v) is 22.8. The lowest BCUT2D eigenvalue weighted by Crippen LogP contribution is -2.43. The predicted octanol–water partition coefficient (Wildman–Crippen LogP) is 14.1. The van der Waals surface area contributed by atoms with Gasteiger partial charge in [0.05, 0.1) is 22.3 Å². The molecule has 2 heterocycles. The number of halogens is 4. The van der Waals surface area contributed by atoms with Crippen LogP contribution in [0.4, 0.5) is 0 Å². The first-order valence-corrected chi connectivity index (χ1v) is 30.4. The van der Waals surface area contributed by atoms with Gasteiger partial charge in [-0.15, -0.1) is 0 Å². The zero-order valence-corrected chi connectivity index (χ0v) is 53.3. The van der Waals surface area contributed by atoms with Gasteiger partial charge in [-0.1, -0.05) is 132 Å². The normalized spacial score (nSPS) is 11.9. The van der Waals surface area contributed by atoms with Crippen LogP contribution in [-0.2, 0) is 77.6 Å². The molecule has 16 nitrogen and oxygen atoms in total. The minimum Gasteiger partial charge on any atom is -0.488 e. The van der Waals surface area contributed by atoms with Crippen LogP contribution in [-0.4, -0.2) is 71.4 Å². The van der Waals surface area contributed by atoms with Crippen LogP contribution in [0, 0.1) is 0 Å². The number of nitrogens with one attached hydrogen (secondary N) is 2. The summed E-state index contributed by atoms with van der Waals surface area (Å²) < 4.78 is 49.0. The molecule has 8 aromatic rings. The van der Waals surface area contributed by atoms with E-state index in [-0.39, 0.29) is 49.6 Å². The van der Waals surface area contributed by atoms with Crippen molar-refractivity contribution in [1.29, 1.82) is 0 Å². The molecule has 0 unspecified atom stereocenters. The van der Waals surface area contributed by atoms with Gasteiger partial charge in [-0.3, -0.25) is 30.2 Å². The van der Waals surface area contributed by atoms with Gasteiger partial charge in [-0.05, 0) is 106 Å². The Labute approximate surface area is 538 Å². The molecular weight excluding hydrogens is 1300 g/mol. The Bertz CT molecular complexity index is 3420. The van der Waals surface area contributed by atoms with Gasteiger partial charge in [-0.2, -0.15) is 0 Å². The van der Waals surface area contributed by atoms with Crippen LogP contribution in [0.15, 0.2) is 191 Å². The molecule has 0 amide bonds. The number of ether oxygens (including phenoxy) is 8. The average molecular weight is 1360 g/mol. The number of hydrogen-bond acceptors (Lipinski definition) is 16. The number of esters is 4. The number of aromatic nitrogens is 2. The van der Waals surface area contributed by atoms with Crippen molar-refractivity contribution in [2.24, 2.45) is 0 Å². The van der Waals surface area contributed by atoms with Crippen LogP contribution in [0.3, 0.4) is 0 Å². The highest BCUT2D eigenvalue weighted by atomic mass is 79.9. The summed E-state index contributed by atoms with van der Waals surface area (Å²) in [4.78, 5) is 61.7. The van der Waals surface area contributed by atoms with Crippen LogP contribution in [0.1, 0.15) is 61.1 Å². The highest BCUT2D eigenvalue weighted by Gasteiger charge is 2.26. The smallest absolute Gasteiger partial charge is 0.331 e. The highest BCUT2D eigenvalue weighted by Crippen LogP contribution is 2.38. The second-order valence-electron chi connectivity index (χ2n) is 20.4. The molecule has 2 atom stereocenters. The molecule has 0 radical (unpaired) electrons. The van der Waals surface area contributed by atoms with E-state index in [1.165, 1.54) is 0 Å². The summed E-state index contributed by atoms with van der Waals surface area (Å²) in [6, 6.07) is 43.5. The van der Waals surface area contributed by atoms with Crippen molar-refractivity contribution in [2.45, 2.75) is 91.5 Å². The Morgan fingerprint density at radius 3 is 1.25 bits per heavy atom. The summed E-state index contributed by atoms with van der Waals surface area (Å²) in [5, 5.41) is 6.78. The summed E-state index contributed by atoms with van der Waals surface area (Å²) in [5.74, 6) is -1.89. The third-order valence-corrected chi connectivity index (χ3v) is 15.5. The van der Waals surface area contributed by atoms with Crippen molar-refractivity contribution in [3.8, 4) is 45.3 Å². The molecule has 0 saturated carbocycles. The fourth-order valence-electron chi connectivity index (χ4n) is 8.66. The molecule has 0 spiro atoms.